The van der Waals surface area contributed by atoms with Gasteiger partial charge < -0.3 is 31.4 Å². The topological polar surface area (TPSA) is 155 Å². The number of nitrogens with one attached hydrogen (secondary N) is 4. The van der Waals surface area contributed by atoms with E-state index in [0.29, 0.717) is 29.6 Å². The van der Waals surface area contributed by atoms with Gasteiger partial charge in [-0.05, 0) is 44.9 Å². The summed E-state index contributed by atoms with van der Waals surface area (Å²) in [6.45, 7) is 3.04. The lowest BCUT2D eigenvalue weighted by molar-refractivity contribution is -0.130. The van der Waals surface area contributed by atoms with E-state index in [9.17, 15) is 23.6 Å². The Bertz CT molecular complexity index is 1090. The van der Waals surface area contributed by atoms with Gasteiger partial charge in [0.1, 0.15) is 29.2 Å². The van der Waals surface area contributed by atoms with Crippen LogP contribution in [0.1, 0.15) is 43.6 Å². The highest BCUT2D eigenvalue weighted by atomic mass is 19.1. The number of carbonyl (C=O) groups excluding carboxylic acids is 4. The van der Waals surface area contributed by atoms with Crippen LogP contribution in [-0.2, 0) is 14.4 Å². The molecule has 0 radical (unpaired) electrons. The van der Waals surface area contributed by atoms with Crippen molar-refractivity contribution >= 4 is 34.5 Å². The standard InChI is InChI=1S/C23H30FN5O5/c1-23(2,24)11-17(22(33)28-15(19(25)30)9-12-7-8-26-20(12)31)29-21(32)16-10-13-14(27-16)5-4-6-18(13)34-3/h4-6,10,12,15,17,27H,7-9,11H2,1-3H3,(H2,25,30)(H,26,31)(H,28,33)(H,29,32). The predicted molar refractivity (Wildman–Crippen MR) is 123 cm³/mol. The molecule has 1 aliphatic rings. The fourth-order valence-corrected chi connectivity index (χ4v) is 4.03. The van der Waals surface area contributed by atoms with Crippen molar-refractivity contribution in [3.63, 3.8) is 0 Å². The Kier molecular flexibility index (Phi) is 7.43. The molecule has 1 aromatic heterocycles. The van der Waals surface area contributed by atoms with E-state index in [-0.39, 0.29) is 24.4 Å². The molecule has 1 aromatic carbocycles. The summed E-state index contributed by atoms with van der Waals surface area (Å²) in [6, 6.07) is 4.41. The van der Waals surface area contributed by atoms with Gasteiger partial charge in [0.25, 0.3) is 5.91 Å². The zero-order chi connectivity index (χ0) is 25.0. The number of aromatic nitrogens is 1. The molecule has 34 heavy (non-hydrogen) atoms. The number of hydrogen-bond acceptors (Lipinski definition) is 5. The van der Waals surface area contributed by atoms with Crippen LogP contribution in [0.3, 0.4) is 0 Å². The second-order valence-electron chi connectivity index (χ2n) is 9.03. The number of methoxy groups -OCH3 is 1. The minimum absolute atomic E-state index is 0.0222. The van der Waals surface area contributed by atoms with Crippen molar-refractivity contribution in [3.05, 3.63) is 30.0 Å². The van der Waals surface area contributed by atoms with Crippen molar-refractivity contribution in [3.8, 4) is 5.75 Å². The van der Waals surface area contributed by atoms with E-state index in [1.807, 2.05) is 0 Å². The maximum atomic E-state index is 14.5. The van der Waals surface area contributed by atoms with Crippen LogP contribution in [0, 0.1) is 5.92 Å². The quantitative estimate of drug-likeness (QED) is 0.345. The number of benzene rings is 1. The molecular formula is C23H30FN5O5. The molecule has 3 rings (SSSR count). The first-order valence-corrected chi connectivity index (χ1v) is 11.0. The third-order valence-corrected chi connectivity index (χ3v) is 5.74. The van der Waals surface area contributed by atoms with Crippen LogP contribution in [0.25, 0.3) is 10.9 Å². The molecule has 1 fully saturated rings. The zero-order valence-electron chi connectivity index (χ0n) is 19.4. The summed E-state index contributed by atoms with van der Waals surface area (Å²) < 4.78 is 19.8. The molecule has 3 atom stereocenters. The zero-order valence-corrected chi connectivity index (χ0v) is 19.4. The predicted octanol–water partition coefficient (Wildman–Crippen LogP) is 0.909. The van der Waals surface area contributed by atoms with Crippen molar-refractivity contribution in [2.45, 2.75) is 50.9 Å². The lowest BCUT2D eigenvalue weighted by atomic mass is 9.96. The molecule has 0 spiro atoms. The molecule has 1 aliphatic heterocycles. The van der Waals surface area contributed by atoms with Crippen molar-refractivity contribution in [1.29, 1.82) is 0 Å². The van der Waals surface area contributed by atoms with Crippen molar-refractivity contribution < 1.29 is 28.3 Å². The van der Waals surface area contributed by atoms with E-state index in [1.165, 1.54) is 21.0 Å². The number of alkyl halides is 1. The molecule has 0 saturated carbocycles. The normalized spacial score (nSPS) is 17.6. The molecule has 0 aliphatic carbocycles. The lowest BCUT2D eigenvalue weighted by Crippen LogP contribution is -2.54. The van der Waals surface area contributed by atoms with Crippen LogP contribution in [0.4, 0.5) is 4.39 Å². The van der Waals surface area contributed by atoms with Crippen LogP contribution in [-0.4, -0.2) is 60.0 Å². The number of rotatable bonds is 10. The van der Waals surface area contributed by atoms with Crippen LogP contribution < -0.4 is 26.4 Å². The first-order valence-electron chi connectivity index (χ1n) is 11.0. The van der Waals surface area contributed by atoms with Gasteiger partial charge >= 0.3 is 0 Å². The monoisotopic (exact) mass is 475 g/mol. The highest BCUT2D eigenvalue weighted by molar-refractivity contribution is 6.01. The molecule has 11 heteroatoms. The summed E-state index contributed by atoms with van der Waals surface area (Å²) in [6.07, 6.45) is 0.192. The molecular weight excluding hydrogens is 445 g/mol. The SMILES string of the molecule is COc1cccc2[nH]c(C(=O)NC(CC(C)(C)F)C(=O)NC(CC3CCNC3=O)C(N)=O)cc12. The summed E-state index contributed by atoms with van der Waals surface area (Å²) in [5, 5.41) is 8.36. The van der Waals surface area contributed by atoms with Gasteiger partial charge in [-0.2, -0.15) is 0 Å². The number of hydrogen-bond donors (Lipinski definition) is 5. The maximum Gasteiger partial charge on any atom is 0.268 e. The molecule has 0 bridgehead atoms. The van der Waals surface area contributed by atoms with Gasteiger partial charge in [0.05, 0.1) is 7.11 Å². The van der Waals surface area contributed by atoms with Gasteiger partial charge in [0.2, 0.25) is 17.7 Å². The van der Waals surface area contributed by atoms with Gasteiger partial charge in [0.15, 0.2) is 0 Å². The first-order chi connectivity index (χ1) is 16.0. The van der Waals surface area contributed by atoms with Gasteiger partial charge in [-0.3, -0.25) is 19.2 Å². The highest BCUT2D eigenvalue weighted by Crippen LogP contribution is 2.26. The Labute approximate surface area is 196 Å². The Balaban J connectivity index is 1.77. The Morgan fingerprint density at radius 3 is 2.59 bits per heavy atom. The number of fused-ring (bicyclic) bond motifs is 1. The van der Waals surface area contributed by atoms with Crippen molar-refractivity contribution in [2.24, 2.45) is 11.7 Å². The minimum Gasteiger partial charge on any atom is -0.496 e. The van der Waals surface area contributed by atoms with Crippen LogP contribution in [0.2, 0.25) is 0 Å². The Morgan fingerprint density at radius 1 is 1.26 bits per heavy atom. The number of nitrogens with two attached hydrogens (primary N) is 1. The molecule has 1 saturated heterocycles. The van der Waals surface area contributed by atoms with E-state index in [0.717, 1.165) is 0 Å². The van der Waals surface area contributed by atoms with Crippen LogP contribution in [0.15, 0.2) is 24.3 Å². The average molecular weight is 476 g/mol. The molecule has 3 unspecified atom stereocenters. The number of carbonyl (C=O) groups is 4. The molecule has 6 N–H and O–H groups in total. The van der Waals surface area contributed by atoms with E-state index in [1.54, 1.807) is 24.3 Å². The second kappa shape index (κ2) is 10.1. The van der Waals surface area contributed by atoms with Gasteiger partial charge in [-0.1, -0.05) is 6.07 Å². The Morgan fingerprint density at radius 2 is 2.00 bits per heavy atom. The number of H-pyrrole nitrogens is 1. The lowest BCUT2D eigenvalue weighted by Gasteiger charge is -2.26. The van der Waals surface area contributed by atoms with E-state index >= 15 is 0 Å². The number of aromatic amines is 1. The molecule has 2 heterocycles. The number of primary amides is 1. The summed E-state index contributed by atoms with van der Waals surface area (Å²) in [5.41, 5.74) is 4.44. The molecule has 184 valence electrons. The van der Waals surface area contributed by atoms with E-state index < -0.39 is 41.4 Å². The number of amides is 4. The molecule has 2 aromatic rings. The van der Waals surface area contributed by atoms with Gasteiger partial charge in [-0.15, -0.1) is 0 Å². The fraction of sp³-hybridized carbons (Fsp3) is 0.478. The number of ether oxygens (including phenoxy) is 1. The summed E-state index contributed by atoms with van der Waals surface area (Å²) in [4.78, 5) is 52.7. The van der Waals surface area contributed by atoms with Gasteiger partial charge in [-0.25, -0.2) is 4.39 Å². The third kappa shape index (κ3) is 6.03. The largest absolute Gasteiger partial charge is 0.496 e. The summed E-state index contributed by atoms with van der Waals surface area (Å²) in [5.74, 6) is -2.34. The van der Waals surface area contributed by atoms with Crippen molar-refractivity contribution in [1.82, 2.24) is 20.9 Å². The first kappa shape index (κ1) is 25.0. The van der Waals surface area contributed by atoms with Crippen molar-refractivity contribution in [2.75, 3.05) is 13.7 Å². The summed E-state index contributed by atoms with van der Waals surface area (Å²) in [7, 11) is 1.51. The maximum absolute atomic E-state index is 14.5. The summed E-state index contributed by atoms with van der Waals surface area (Å²) >= 11 is 0. The third-order valence-electron chi connectivity index (χ3n) is 5.74. The second-order valence-corrected chi connectivity index (χ2v) is 9.03. The Hall–Kier alpha value is -3.63. The smallest absolute Gasteiger partial charge is 0.268 e. The average Bonchev–Trinajstić information content (AvgIpc) is 3.37. The molecule has 4 amide bonds. The number of halogens is 1. The molecule has 10 nitrogen and oxygen atoms in total. The minimum atomic E-state index is -1.80. The van der Waals surface area contributed by atoms with E-state index in [4.69, 9.17) is 10.5 Å². The fourth-order valence-electron chi connectivity index (χ4n) is 4.03. The van der Waals surface area contributed by atoms with Gasteiger partial charge in [0, 0.05) is 29.8 Å². The highest BCUT2D eigenvalue weighted by Gasteiger charge is 2.34. The van der Waals surface area contributed by atoms with Crippen LogP contribution >= 0.6 is 0 Å². The van der Waals surface area contributed by atoms with E-state index in [2.05, 4.69) is 20.9 Å². The van der Waals surface area contributed by atoms with Crippen LogP contribution in [0.5, 0.6) is 5.75 Å².